The van der Waals surface area contributed by atoms with Crippen molar-refractivity contribution >= 4 is 43.6 Å². The van der Waals surface area contributed by atoms with E-state index in [0.29, 0.717) is 0 Å². The molecule has 0 radical (unpaired) electrons. The van der Waals surface area contributed by atoms with E-state index in [4.69, 9.17) is 4.98 Å². The Morgan fingerprint density at radius 1 is 0.537 bits per heavy atom. The molecular formula is C38H27N3. The zero-order valence-corrected chi connectivity index (χ0v) is 23.0. The lowest BCUT2D eigenvalue weighted by atomic mass is 9.81. The summed E-state index contributed by atoms with van der Waals surface area (Å²) in [6.45, 7) is 4.76. The minimum atomic E-state index is -0.132. The SMILES string of the molecule is CC1(C)c2ccccc2-c2ccc3c4ccccc4n(-c4cccc5c4c4ccccc4n5-c4ccccn4)c3c21. The Labute approximate surface area is 237 Å². The molecule has 41 heavy (non-hydrogen) atoms. The van der Waals surface area contributed by atoms with Crippen LogP contribution in [0.15, 0.2) is 128 Å². The molecule has 0 N–H and O–H groups in total. The number of pyridine rings is 1. The molecular weight excluding hydrogens is 498 g/mol. The summed E-state index contributed by atoms with van der Waals surface area (Å²) in [6.07, 6.45) is 1.87. The maximum atomic E-state index is 4.76. The van der Waals surface area contributed by atoms with Crippen LogP contribution in [0.2, 0.25) is 0 Å². The summed E-state index contributed by atoms with van der Waals surface area (Å²) in [4.78, 5) is 4.76. The zero-order valence-electron chi connectivity index (χ0n) is 23.0. The molecule has 1 aliphatic rings. The molecule has 3 heterocycles. The fourth-order valence-corrected chi connectivity index (χ4v) is 7.48. The van der Waals surface area contributed by atoms with E-state index < -0.39 is 0 Å². The minimum Gasteiger partial charge on any atom is -0.308 e. The second kappa shape index (κ2) is 7.96. The molecule has 3 heteroatoms. The number of benzene rings is 5. The number of para-hydroxylation sites is 2. The van der Waals surface area contributed by atoms with E-state index in [1.165, 1.54) is 60.5 Å². The van der Waals surface area contributed by atoms with Gasteiger partial charge in [0.2, 0.25) is 0 Å². The van der Waals surface area contributed by atoms with Gasteiger partial charge in [0.05, 0.1) is 27.8 Å². The molecule has 0 fully saturated rings. The molecule has 5 aromatic carbocycles. The quantitative estimate of drug-likeness (QED) is 0.220. The van der Waals surface area contributed by atoms with Gasteiger partial charge < -0.3 is 4.57 Å². The standard InChI is InChI=1S/C38H27N3/c1-38(2)29-15-6-3-12-24(29)26-21-22-27-25-13-4-7-16-30(25)41(37(27)36(26)38)33-19-11-18-32-35(33)28-14-5-8-17-31(28)40(32)34-20-9-10-23-39-34/h3-23H,1-2H3. The van der Waals surface area contributed by atoms with Gasteiger partial charge >= 0.3 is 0 Å². The van der Waals surface area contributed by atoms with Crippen LogP contribution in [-0.2, 0) is 5.41 Å². The van der Waals surface area contributed by atoms with E-state index in [-0.39, 0.29) is 5.41 Å². The van der Waals surface area contributed by atoms with E-state index >= 15 is 0 Å². The summed E-state index contributed by atoms with van der Waals surface area (Å²) < 4.78 is 4.83. The molecule has 1 aliphatic carbocycles. The summed E-state index contributed by atoms with van der Waals surface area (Å²) in [6, 6.07) is 44.0. The van der Waals surface area contributed by atoms with E-state index in [0.717, 1.165) is 16.9 Å². The highest BCUT2D eigenvalue weighted by Crippen LogP contribution is 2.53. The predicted octanol–water partition coefficient (Wildman–Crippen LogP) is 9.58. The summed E-state index contributed by atoms with van der Waals surface area (Å²) in [5.41, 5.74) is 11.4. The monoisotopic (exact) mass is 525 g/mol. The first-order valence-corrected chi connectivity index (χ1v) is 14.2. The molecule has 0 saturated heterocycles. The van der Waals surface area contributed by atoms with Crippen LogP contribution in [0.3, 0.4) is 0 Å². The summed E-state index contributed by atoms with van der Waals surface area (Å²) in [5, 5.41) is 5.04. The van der Waals surface area contributed by atoms with Crippen molar-refractivity contribution in [3.63, 3.8) is 0 Å². The molecule has 0 atom stereocenters. The first-order valence-electron chi connectivity index (χ1n) is 14.2. The molecule has 0 aliphatic heterocycles. The molecule has 0 spiro atoms. The Hall–Kier alpha value is -5.15. The fourth-order valence-electron chi connectivity index (χ4n) is 7.48. The van der Waals surface area contributed by atoms with Gasteiger partial charge in [-0.2, -0.15) is 0 Å². The van der Waals surface area contributed by atoms with Crippen LogP contribution in [0.1, 0.15) is 25.0 Å². The molecule has 3 aromatic heterocycles. The van der Waals surface area contributed by atoms with Crippen molar-refractivity contribution in [2.75, 3.05) is 0 Å². The zero-order chi connectivity index (χ0) is 27.3. The van der Waals surface area contributed by atoms with Crippen molar-refractivity contribution in [1.82, 2.24) is 14.1 Å². The van der Waals surface area contributed by atoms with Gasteiger partial charge in [-0.3, -0.25) is 4.57 Å². The molecule has 0 amide bonds. The Morgan fingerprint density at radius 3 is 2.07 bits per heavy atom. The molecule has 9 rings (SSSR count). The normalized spacial score (nSPS) is 13.8. The molecule has 8 aromatic rings. The smallest absolute Gasteiger partial charge is 0.137 e. The largest absolute Gasteiger partial charge is 0.308 e. The molecule has 0 saturated carbocycles. The van der Waals surface area contributed by atoms with E-state index in [1.54, 1.807) is 0 Å². The maximum Gasteiger partial charge on any atom is 0.137 e. The van der Waals surface area contributed by atoms with E-state index in [2.05, 4.69) is 138 Å². The van der Waals surface area contributed by atoms with Gasteiger partial charge in [0.1, 0.15) is 5.82 Å². The molecule has 194 valence electrons. The van der Waals surface area contributed by atoms with Gasteiger partial charge in [0.25, 0.3) is 0 Å². The Balaban J connectivity index is 1.49. The van der Waals surface area contributed by atoms with Crippen LogP contribution >= 0.6 is 0 Å². The Morgan fingerprint density at radius 2 is 1.24 bits per heavy atom. The third kappa shape index (κ3) is 2.85. The predicted molar refractivity (Wildman–Crippen MR) is 170 cm³/mol. The van der Waals surface area contributed by atoms with E-state index in [9.17, 15) is 0 Å². The van der Waals surface area contributed by atoms with Crippen molar-refractivity contribution < 1.29 is 0 Å². The topological polar surface area (TPSA) is 22.8 Å². The van der Waals surface area contributed by atoms with Crippen LogP contribution in [0.25, 0.3) is 66.2 Å². The highest BCUT2D eigenvalue weighted by Gasteiger charge is 2.38. The number of hydrogen-bond acceptors (Lipinski definition) is 1. The van der Waals surface area contributed by atoms with Crippen molar-refractivity contribution in [2.45, 2.75) is 19.3 Å². The summed E-state index contributed by atoms with van der Waals surface area (Å²) in [5.74, 6) is 0.926. The van der Waals surface area contributed by atoms with Crippen molar-refractivity contribution in [3.8, 4) is 22.6 Å². The second-order valence-electron chi connectivity index (χ2n) is 11.6. The van der Waals surface area contributed by atoms with Gasteiger partial charge in [0.15, 0.2) is 0 Å². The average Bonchev–Trinajstić information content (AvgIpc) is 3.61. The molecule has 0 bridgehead atoms. The third-order valence-corrected chi connectivity index (χ3v) is 9.15. The van der Waals surface area contributed by atoms with Gasteiger partial charge in [0, 0.05) is 33.2 Å². The minimum absolute atomic E-state index is 0.132. The van der Waals surface area contributed by atoms with Gasteiger partial charge in [-0.05, 0) is 58.7 Å². The van der Waals surface area contributed by atoms with Gasteiger partial charge in [-0.1, -0.05) is 98.8 Å². The maximum absolute atomic E-state index is 4.76. The summed E-state index contributed by atoms with van der Waals surface area (Å²) in [7, 11) is 0. The number of fused-ring (bicyclic) bond motifs is 10. The number of rotatable bonds is 2. The lowest BCUT2D eigenvalue weighted by Gasteiger charge is -2.24. The van der Waals surface area contributed by atoms with Crippen molar-refractivity contribution in [3.05, 3.63) is 139 Å². The highest BCUT2D eigenvalue weighted by atomic mass is 15.1. The van der Waals surface area contributed by atoms with E-state index in [1.807, 2.05) is 12.3 Å². The average molecular weight is 526 g/mol. The van der Waals surface area contributed by atoms with Crippen LogP contribution in [0, 0.1) is 0 Å². The number of hydrogen-bond donors (Lipinski definition) is 0. The lowest BCUT2D eigenvalue weighted by Crippen LogP contribution is -2.16. The first-order chi connectivity index (χ1) is 20.1. The number of aromatic nitrogens is 3. The molecule has 3 nitrogen and oxygen atoms in total. The van der Waals surface area contributed by atoms with Gasteiger partial charge in [-0.15, -0.1) is 0 Å². The highest BCUT2D eigenvalue weighted by molar-refractivity contribution is 6.17. The Bertz CT molecular complexity index is 2330. The first kappa shape index (κ1) is 22.6. The van der Waals surface area contributed by atoms with Crippen LogP contribution in [-0.4, -0.2) is 14.1 Å². The Kier molecular flexibility index (Phi) is 4.39. The molecule has 0 unspecified atom stereocenters. The van der Waals surface area contributed by atoms with Crippen molar-refractivity contribution in [1.29, 1.82) is 0 Å². The third-order valence-electron chi connectivity index (χ3n) is 9.15. The van der Waals surface area contributed by atoms with Crippen LogP contribution < -0.4 is 0 Å². The fraction of sp³-hybridized carbons (Fsp3) is 0.0789. The van der Waals surface area contributed by atoms with Crippen LogP contribution in [0.4, 0.5) is 0 Å². The second-order valence-corrected chi connectivity index (χ2v) is 11.6. The lowest BCUT2D eigenvalue weighted by molar-refractivity contribution is 0.664. The number of nitrogens with zero attached hydrogens (tertiary/aromatic N) is 3. The van der Waals surface area contributed by atoms with Crippen LogP contribution in [0.5, 0.6) is 0 Å². The van der Waals surface area contributed by atoms with Gasteiger partial charge in [-0.25, -0.2) is 4.98 Å². The van der Waals surface area contributed by atoms with Crippen molar-refractivity contribution in [2.24, 2.45) is 0 Å². The summed E-state index contributed by atoms with van der Waals surface area (Å²) >= 11 is 0.